The lowest BCUT2D eigenvalue weighted by Crippen LogP contribution is -2.19. The van der Waals surface area contributed by atoms with Gasteiger partial charge in [0.05, 0.1) is 0 Å². The molecule has 0 bridgehead atoms. The zero-order valence-corrected chi connectivity index (χ0v) is 12.2. The van der Waals surface area contributed by atoms with E-state index in [-0.39, 0.29) is 0 Å². The van der Waals surface area contributed by atoms with Crippen molar-refractivity contribution in [3.05, 3.63) is 57.3 Å². The lowest BCUT2D eigenvalue weighted by atomic mass is 9.98. The lowest BCUT2D eigenvalue weighted by molar-refractivity contribution is 0.593. The summed E-state index contributed by atoms with van der Waals surface area (Å²) in [6.45, 7) is 4.40. The maximum absolute atomic E-state index is 3.44. The summed E-state index contributed by atoms with van der Waals surface area (Å²) in [6.07, 6.45) is 2.21. The van der Waals surface area contributed by atoms with Gasteiger partial charge in [-0.1, -0.05) is 31.2 Å². The Balaban J connectivity index is 2.17. The number of likely N-dealkylation sites (N-methyl/N-ethyl adjacent to an activating group) is 1. The highest BCUT2D eigenvalue weighted by molar-refractivity contribution is 7.11. The first-order valence-electron chi connectivity index (χ1n) is 6.55. The van der Waals surface area contributed by atoms with Gasteiger partial charge in [0.2, 0.25) is 0 Å². The first-order valence-corrected chi connectivity index (χ1v) is 7.36. The van der Waals surface area contributed by atoms with E-state index in [1.807, 2.05) is 18.4 Å². The van der Waals surface area contributed by atoms with Crippen molar-refractivity contribution >= 4 is 11.3 Å². The molecule has 0 aliphatic carbocycles. The molecular formula is C16H21NS. The second-order valence-electron chi connectivity index (χ2n) is 4.62. The fraction of sp³-hybridized carbons (Fsp3) is 0.375. The third kappa shape index (κ3) is 3.01. The van der Waals surface area contributed by atoms with Crippen LogP contribution in [-0.4, -0.2) is 7.05 Å². The number of aryl methyl sites for hydroxylation is 2. The van der Waals surface area contributed by atoms with Gasteiger partial charge in [0.25, 0.3) is 0 Å². The minimum absolute atomic E-state index is 0.412. The molecule has 1 aromatic heterocycles. The van der Waals surface area contributed by atoms with Gasteiger partial charge in [-0.25, -0.2) is 0 Å². The normalized spacial score (nSPS) is 12.6. The van der Waals surface area contributed by atoms with Crippen LogP contribution in [0.5, 0.6) is 0 Å². The van der Waals surface area contributed by atoms with Crippen LogP contribution in [0.25, 0.3) is 0 Å². The molecule has 0 aliphatic rings. The third-order valence-electron chi connectivity index (χ3n) is 3.38. The van der Waals surface area contributed by atoms with Crippen molar-refractivity contribution in [2.45, 2.75) is 32.7 Å². The molecule has 0 radical (unpaired) electrons. The van der Waals surface area contributed by atoms with Crippen LogP contribution < -0.4 is 5.32 Å². The van der Waals surface area contributed by atoms with Crippen LogP contribution >= 0.6 is 11.3 Å². The van der Waals surface area contributed by atoms with E-state index in [1.165, 1.54) is 20.9 Å². The van der Waals surface area contributed by atoms with E-state index in [1.54, 1.807) is 0 Å². The summed E-state index contributed by atoms with van der Waals surface area (Å²) in [4.78, 5) is 2.94. The quantitative estimate of drug-likeness (QED) is 0.851. The van der Waals surface area contributed by atoms with E-state index < -0.39 is 0 Å². The Hall–Kier alpha value is -1.12. The van der Waals surface area contributed by atoms with Gasteiger partial charge in [0, 0.05) is 22.2 Å². The molecule has 0 fully saturated rings. The summed E-state index contributed by atoms with van der Waals surface area (Å²) in [6, 6.07) is 13.6. The summed E-state index contributed by atoms with van der Waals surface area (Å²) in [7, 11) is 2.05. The molecule has 1 aromatic carbocycles. The fourth-order valence-corrected chi connectivity index (χ4v) is 3.27. The second kappa shape index (κ2) is 6.17. The molecule has 1 unspecified atom stereocenters. The molecule has 2 heteroatoms. The first-order chi connectivity index (χ1) is 8.74. The van der Waals surface area contributed by atoms with Crippen LogP contribution in [0.3, 0.4) is 0 Å². The van der Waals surface area contributed by atoms with Crippen LogP contribution in [0.4, 0.5) is 0 Å². The third-order valence-corrected chi connectivity index (χ3v) is 4.64. The van der Waals surface area contributed by atoms with Gasteiger partial charge < -0.3 is 5.32 Å². The molecule has 0 amide bonds. The number of hydrogen-bond acceptors (Lipinski definition) is 2. The van der Waals surface area contributed by atoms with E-state index in [0.717, 1.165) is 12.8 Å². The van der Waals surface area contributed by atoms with Gasteiger partial charge in [-0.2, -0.15) is 0 Å². The Morgan fingerprint density at radius 2 is 1.83 bits per heavy atom. The topological polar surface area (TPSA) is 12.0 Å². The Morgan fingerprint density at radius 3 is 2.44 bits per heavy atom. The summed E-state index contributed by atoms with van der Waals surface area (Å²) >= 11 is 1.94. The van der Waals surface area contributed by atoms with Crippen LogP contribution in [0, 0.1) is 6.92 Å². The molecule has 0 saturated heterocycles. The molecule has 0 saturated carbocycles. The summed E-state index contributed by atoms with van der Waals surface area (Å²) in [5.41, 5.74) is 2.77. The molecule has 1 nitrogen and oxygen atoms in total. The van der Waals surface area contributed by atoms with Crippen LogP contribution in [0.2, 0.25) is 0 Å². The second-order valence-corrected chi connectivity index (χ2v) is 5.88. The Labute approximate surface area is 114 Å². The number of rotatable bonds is 5. The van der Waals surface area contributed by atoms with Crippen molar-refractivity contribution in [3.63, 3.8) is 0 Å². The molecule has 1 N–H and O–H groups in total. The SMILES string of the molecule is CCc1ccc(CC(NC)c2ccccc2C)s1. The molecule has 1 atom stereocenters. The molecular weight excluding hydrogens is 238 g/mol. The van der Waals surface area contributed by atoms with Crippen molar-refractivity contribution in [3.8, 4) is 0 Å². The maximum atomic E-state index is 3.44. The van der Waals surface area contributed by atoms with E-state index >= 15 is 0 Å². The van der Waals surface area contributed by atoms with Crippen LogP contribution in [0.1, 0.15) is 33.8 Å². The number of benzene rings is 1. The highest BCUT2D eigenvalue weighted by Gasteiger charge is 2.13. The minimum atomic E-state index is 0.412. The summed E-state index contributed by atoms with van der Waals surface area (Å²) in [5.74, 6) is 0. The van der Waals surface area contributed by atoms with E-state index in [0.29, 0.717) is 6.04 Å². The molecule has 0 spiro atoms. The van der Waals surface area contributed by atoms with Crippen molar-refractivity contribution in [1.82, 2.24) is 5.32 Å². The Bertz CT molecular complexity index is 501. The molecule has 2 rings (SSSR count). The molecule has 0 aliphatic heterocycles. The van der Waals surface area contributed by atoms with Gasteiger partial charge in [-0.15, -0.1) is 11.3 Å². The summed E-state index contributed by atoms with van der Waals surface area (Å²) in [5, 5.41) is 3.44. The van der Waals surface area contributed by atoms with E-state index in [4.69, 9.17) is 0 Å². The van der Waals surface area contributed by atoms with E-state index in [2.05, 4.69) is 55.6 Å². The zero-order valence-electron chi connectivity index (χ0n) is 11.4. The monoisotopic (exact) mass is 259 g/mol. The highest BCUT2D eigenvalue weighted by Crippen LogP contribution is 2.25. The van der Waals surface area contributed by atoms with Crippen LogP contribution in [-0.2, 0) is 12.8 Å². The summed E-state index contributed by atoms with van der Waals surface area (Å²) < 4.78 is 0. The number of nitrogens with one attached hydrogen (secondary N) is 1. The predicted molar refractivity (Wildman–Crippen MR) is 80.4 cm³/mol. The average Bonchev–Trinajstić information content (AvgIpc) is 2.85. The van der Waals surface area contributed by atoms with Gasteiger partial charge in [0.1, 0.15) is 0 Å². The van der Waals surface area contributed by atoms with Crippen molar-refractivity contribution in [1.29, 1.82) is 0 Å². The van der Waals surface area contributed by atoms with Crippen LogP contribution in [0.15, 0.2) is 36.4 Å². The van der Waals surface area contributed by atoms with Gasteiger partial charge >= 0.3 is 0 Å². The zero-order chi connectivity index (χ0) is 13.0. The first kappa shape index (κ1) is 13.3. The van der Waals surface area contributed by atoms with Gasteiger partial charge in [-0.3, -0.25) is 0 Å². The molecule has 18 heavy (non-hydrogen) atoms. The lowest BCUT2D eigenvalue weighted by Gasteiger charge is -2.18. The minimum Gasteiger partial charge on any atom is -0.313 e. The highest BCUT2D eigenvalue weighted by atomic mass is 32.1. The fourth-order valence-electron chi connectivity index (χ4n) is 2.27. The van der Waals surface area contributed by atoms with Gasteiger partial charge in [-0.05, 0) is 43.7 Å². The maximum Gasteiger partial charge on any atom is 0.0368 e. The smallest absolute Gasteiger partial charge is 0.0368 e. The average molecular weight is 259 g/mol. The number of hydrogen-bond donors (Lipinski definition) is 1. The van der Waals surface area contributed by atoms with Crippen molar-refractivity contribution in [2.24, 2.45) is 0 Å². The molecule has 96 valence electrons. The van der Waals surface area contributed by atoms with Crippen molar-refractivity contribution < 1.29 is 0 Å². The largest absolute Gasteiger partial charge is 0.313 e. The van der Waals surface area contributed by atoms with Crippen molar-refractivity contribution in [2.75, 3.05) is 7.05 Å². The van der Waals surface area contributed by atoms with E-state index in [9.17, 15) is 0 Å². The molecule has 2 aromatic rings. The molecule has 1 heterocycles. The predicted octanol–water partition coefficient (Wildman–Crippen LogP) is 4.12. The number of thiophene rings is 1. The Morgan fingerprint density at radius 1 is 1.11 bits per heavy atom. The standard InChI is InChI=1S/C16H21NS/c1-4-13-9-10-14(18-13)11-16(17-3)15-8-6-5-7-12(15)2/h5-10,16-17H,4,11H2,1-3H3. The van der Waals surface area contributed by atoms with Gasteiger partial charge in [0.15, 0.2) is 0 Å². The Kier molecular flexibility index (Phi) is 4.56.